The summed E-state index contributed by atoms with van der Waals surface area (Å²) in [6, 6.07) is 8.36. The third-order valence-corrected chi connectivity index (χ3v) is 6.42. The Kier molecular flexibility index (Phi) is 6.62. The molecule has 1 unspecified atom stereocenters. The second kappa shape index (κ2) is 10.00. The summed E-state index contributed by atoms with van der Waals surface area (Å²) in [5.74, 6) is -2.35. The Morgan fingerprint density at radius 3 is 2.67 bits per heavy atom. The van der Waals surface area contributed by atoms with Crippen LogP contribution in [-0.2, 0) is 9.53 Å². The summed E-state index contributed by atoms with van der Waals surface area (Å²) >= 11 is 6.41. The lowest BCUT2D eigenvalue weighted by Gasteiger charge is -2.29. The summed E-state index contributed by atoms with van der Waals surface area (Å²) in [6.45, 7) is 2.87. The molecule has 36 heavy (non-hydrogen) atoms. The van der Waals surface area contributed by atoms with E-state index in [0.29, 0.717) is 29.8 Å². The number of primary amides is 1. The van der Waals surface area contributed by atoms with Crippen molar-refractivity contribution in [3.63, 3.8) is 0 Å². The zero-order chi connectivity index (χ0) is 25.2. The number of carbonyl (C=O) groups excluding carboxylic acids is 1. The van der Waals surface area contributed by atoms with Crippen LogP contribution in [0.25, 0.3) is 22.2 Å². The van der Waals surface area contributed by atoms with Crippen LogP contribution in [0.3, 0.4) is 0 Å². The van der Waals surface area contributed by atoms with E-state index in [9.17, 15) is 4.79 Å². The highest BCUT2D eigenvalue weighted by Gasteiger charge is 2.30. The molecule has 2 aromatic heterocycles. The summed E-state index contributed by atoms with van der Waals surface area (Å²) in [4.78, 5) is 31.9. The Balaban J connectivity index is 1.63. The number of nitrogens with two attached hydrogens (primary N) is 1. The van der Waals surface area contributed by atoms with Crippen LogP contribution in [0.2, 0.25) is 5.02 Å². The molecule has 0 radical (unpaired) electrons. The van der Waals surface area contributed by atoms with Gasteiger partial charge in [0.05, 0.1) is 31.5 Å². The Hall–Kier alpha value is -3.89. The van der Waals surface area contributed by atoms with Gasteiger partial charge in [0, 0.05) is 47.1 Å². The lowest BCUT2D eigenvalue weighted by Crippen LogP contribution is -2.36. The quantitative estimate of drug-likeness (QED) is 0.421. The molecule has 1 fully saturated rings. The number of fused-ring (bicyclic) bond motifs is 1. The van der Waals surface area contributed by atoms with Crippen LogP contribution >= 0.6 is 11.6 Å². The van der Waals surface area contributed by atoms with Crippen LogP contribution in [0.15, 0.2) is 49.1 Å². The van der Waals surface area contributed by atoms with E-state index in [2.05, 4.69) is 24.8 Å². The van der Waals surface area contributed by atoms with E-state index in [-0.39, 0.29) is 27.7 Å². The number of aromatic nitrogens is 4. The van der Waals surface area contributed by atoms with Crippen molar-refractivity contribution in [2.24, 2.45) is 5.73 Å². The maximum Gasteiger partial charge on any atom is 0.236 e. The molecule has 0 saturated carbocycles. The minimum absolute atomic E-state index is 0.0146. The smallest absolute Gasteiger partial charge is 0.236 e. The van der Waals surface area contributed by atoms with E-state index in [1.165, 1.54) is 31.9 Å². The van der Waals surface area contributed by atoms with Crippen LogP contribution in [0.1, 0.15) is 17.2 Å². The largest absolute Gasteiger partial charge is 0.480 e. The number of carbonyl (C=O) groups is 1. The van der Waals surface area contributed by atoms with Crippen molar-refractivity contribution in [3.8, 4) is 17.1 Å². The molecule has 184 valence electrons. The van der Waals surface area contributed by atoms with Crippen LogP contribution in [-0.4, -0.2) is 59.3 Å². The van der Waals surface area contributed by atoms with E-state index < -0.39 is 17.6 Å². The molecule has 9 nitrogen and oxygen atoms in total. The second-order valence-electron chi connectivity index (χ2n) is 8.16. The minimum Gasteiger partial charge on any atom is -0.480 e. The summed E-state index contributed by atoms with van der Waals surface area (Å²) in [7, 11) is 1.40. The van der Waals surface area contributed by atoms with Gasteiger partial charge in [0.1, 0.15) is 23.8 Å². The zero-order valence-electron chi connectivity index (χ0n) is 19.3. The first-order valence-electron chi connectivity index (χ1n) is 11.2. The number of anilines is 1. The zero-order valence-corrected chi connectivity index (χ0v) is 20.1. The summed E-state index contributed by atoms with van der Waals surface area (Å²) in [5, 5.41) is 0.662. The monoisotopic (exact) mass is 508 g/mol. The van der Waals surface area contributed by atoms with Crippen LogP contribution in [0.5, 0.6) is 5.88 Å². The number of ether oxygens (including phenoxy) is 2. The first kappa shape index (κ1) is 23.8. The number of methoxy groups -OCH3 is 1. The molecule has 1 aliphatic rings. The maximum absolute atomic E-state index is 15.3. The normalized spacial score (nSPS) is 14.6. The molecule has 0 spiro atoms. The minimum atomic E-state index is -1.12. The molecule has 3 heterocycles. The average Bonchev–Trinajstić information content (AvgIpc) is 2.90. The van der Waals surface area contributed by atoms with E-state index in [1.54, 1.807) is 0 Å². The van der Waals surface area contributed by atoms with Crippen LogP contribution in [0.4, 0.5) is 10.1 Å². The van der Waals surface area contributed by atoms with Gasteiger partial charge in [-0.1, -0.05) is 11.6 Å². The fourth-order valence-corrected chi connectivity index (χ4v) is 4.63. The van der Waals surface area contributed by atoms with Crippen molar-refractivity contribution in [3.05, 3.63) is 71.2 Å². The number of hydrogen-bond acceptors (Lipinski definition) is 8. The molecular formula is C25H22ClFN6O3. The van der Waals surface area contributed by atoms with E-state index in [4.69, 9.17) is 26.8 Å². The highest BCUT2D eigenvalue weighted by Crippen LogP contribution is 2.38. The fourth-order valence-electron chi connectivity index (χ4n) is 4.37. The Morgan fingerprint density at radius 1 is 1.14 bits per heavy atom. The van der Waals surface area contributed by atoms with Gasteiger partial charge in [0.2, 0.25) is 11.8 Å². The summed E-state index contributed by atoms with van der Waals surface area (Å²) in [6.07, 6.45) is 4.22. The molecule has 0 bridgehead atoms. The van der Waals surface area contributed by atoms with E-state index >= 15 is 4.39 Å². The van der Waals surface area contributed by atoms with Crippen LogP contribution in [0, 0.1) is 5.82 Å². The second-order valence-corrected chi connectivity index (χ2v) is 8.57. The molecule has 1 atom stereocenters. The van der Waals surface area contributed by atoms with Gasteiger partial charge >= 0.3 is 0 Å². The molecule has 1 aliphatic heterocycles. The number of rotatable bonds is 6. The highest BCUT2D eigenvalue weighted by atomic mass is 35.5. The van der Waals surface area contributed by atoms with Gasteiger partial charge in [-0.05, 0) is 35.9 Å². The standard InChI is InChI=1S/C25H22ClFN6O3/c1-35-25-23(29-4-5-30-25)21(24(28)34)16-11-17(19(27)12-18(16)26)22-15-3-2-14(10-20(15)31-13-32-22)33-6-8-36-9-7-33/h2-5,10-13,21H,6-9H2,1H3,(H2,28,34). The number of halogens is 2. The number of nitrogens with zero attached hydrogens (tertiary/aromatic N) is 5. The van der Waals surface area contributed by atoms with Gasteiger partial charge in [-0.25, -0.2) is 19.3 Å². The van der Waals surface area contributed by atoms with Gasteiger partial charge in [-0.15, -0.1) is 0 Å². The van der Waals surface area contributed by atoms with Crippen LogP contribution < -0.4 is 15.4 Å². The van der Waals surface area contributed by atoms with Gasteiger partial charge in [0.15, 0.2) is 0 Å². The van der Waals surface area contributed by atoms with Gasteiger partial charge in [-0.2, -0.15) is 0 Å². The summed E-state index contributed by atoms with van der Waals surface area (Å²) < 4.78 is 26.0. The topological polar surface area (TPSA) is 116 Å². The van der Waals surface area contributed by atoms with Gasteiger partial charge in [0.25, 0.3) is 0 Å². The van der Waals surface area contributed by atoms with Gasteiger partial charge in [-0.3, -0.25) is 9.78 Å². The first-order valence-corrected chi connectivity index (χ1v) is 11.6. The third kappa shape index (κ3) is 4.40. The predicted molar refractivity (Wildman–Crippen MR) is 133 cm³/mol. The molecule has 4 aromatic rings. The lowest BCUT2D eigenvalue weighted by molar-refractivity contribution is -0.118. The van der Waals surface area contributed by atoms with Crippen molar-refractivity contribution >= 4 is 34.1 Å². The third-order valence-electron chi connectivity index (χ3n) is 6.09. The molecular weight excluding hydrogens is 487 g/mol. The Labute approximate surface area is 211 Å². The maximum atomic E-state index is 15.3. The van der Waals surface area contributed by atoms with Crippen molar-refractivity contribution in [2.45, 2.75) is 5.92 Å². The number of morpholine rings is 1. The Morgan fingerprint density at radius 2 is 1.92 bits per heavy atom. The molecule has 0 aliphatic carbocycles. The van der Waals surface area contributed by atoms with Crippen molar-refractivity contribution in [2.75, 3.05) is 38.3 Å². The SMILES string of the molecule is COc1nccnc1C(C(N)=O)c1cc(-c2ncnc3cc(N4CCOCC4)ccc23)c(F)cc1Cl. The molecule has 2 N–H and O–H groups in total. The molecule has 1 saturated heterocycles. The molecule has 5 rings (SSSR count). The Bertz CT molecular complexity index is 1450. The first-order chi connectivity index (χ1) is 17.5. The van der Waals surface area contributed by atoms with E-state index in [1.807, 2.05) is 18.2 Å². The number of benzene rings is 2. The number of amides is 1. The summed E-state index contributed by atoms with van der Waals surface area (Å²) in [5.41, 5.74) is 8.34. The highest BCUT2D eigenvalue weighted by molar-refractivity contribution is 6.32. The predicted octanol–water partition coefficient (Wildman–Crippen LogP) is 3.34. The lowest BCUT2D eigenvalue weighted by atomic mass is 9.91. The van der Waals surface area contributed by atoms with Crippen molar-refractivity contribution < 1.29 is 18.7 Å². The molecule has 11 heteroatoms. The van der Waals surface area contributed by atoms with Crippen molar-refractivity contribution in [1.82, 2.24) is 19.9 Å². The van der Waals surface area contributed by atoms with Gasteiger partial charge < -0.3 is 20.1 Å². The average molecular weight is 509 g/mol. The fraction of sp³-hybridized carbons (Fsp3) is 0.240. The molecule has 1 amide bonds. The molecule has 2 aromatic carbocycles. The number of hydrogen-bond donors (Lipinski definition) is 1. The van der Waals surface area contributed by atoms with E-state index in [0.717, 1.165) is 24.8 Å². The van der Waals surface area contributed by atoms with Crippen molar-refractivity contribution in [1.29, 1.82) is 0 Å².